The Labute approximate surface area is 168 Å². The van der Waals surface area contributed by atoms with E-state index in [-0.39, 0.29) is 18.5 Å². The van der Waals surface area contributed by atoms with Crippen molar-refractivity contribution in [1.29, 1.82) is 0 Å². The van der Waals surface area contributed by atoms with Gasteiger partial charge in [-0.05, 0) is 18.4 Å². The van der Waals surface area contributed by atoms with Crippen LogP contribution in [0.1, 0.15) is 38.3 Å². The van der Waals surface area contributed by atoms with E-state index >= 15 is 0 Å². The molecule has 0 spiro atoms. The SMILES string of the molecule is CC(C)COCCCNC(=NCC(=O)N(C)C)NC1CCOc2ccccc21. The number of nitrogens with zero attached hydrogens (tertiary/aromatic N) is 2. The van der Waals surface area contributed by atoms with Gasteiger partial charge in [0, 0.05) is 45.8 Å². The average molecular weight is 391 g/mol. The maximum absolute atomic E-state index is 11.9. The lowest BCUT2D eigenvalue weighted by Gasteiger charge is -2.28. The Morgan fingerprint density at radius 1 is 1.36 bits per heavy atom. The summed E-state index contributed by atoms with van der Waals surface area (Å²) < 4.78 is 11.4. The monoisotopic (exact) mass is 390 g/mol. The van der Waals surface area contributed by atoms with Crippen LogP contribution >= 0.6 is 0 Å². The molecule has 0 fully saturated rings. The zero-order chi connectivity index (χ0) is 20.4. The van der Waals surface area contributed by atoms with Crippen molar-refractivity contribution in [3.05, 3.63) is 29.8 Å². The van der Waals surface area contributed by atoms with Crippen LogP contribution in [0.4, 0.5) is 0 Å². The Morgan fingerprint density at radius 2 is 2.14 bits per heavy atom. The minimum absolute atomic E-state index is 0.0336. The molecule has 7 heteroatoms. The third-order valence-corrected chi connectivity index (χ3v) is 4.35. The molecule has 1 aromatic carbocycles. The second-order valence-corrected chi connectivity index (χ2v) is 7.57. The third kappa shape index (κ3) is 7.38. The average Bonchev–Trinajstić information content (AvgIpc) is 2.68. The van der Waals surface area contributed by atoms with Crippen LogP contribution in [-0.2, 0) is 9.53 Å². The smallest absolute Gasteiger partial charge is 0.243 e. The maximum Gasteiger partial charge on any atom is 0.243 e. The lowest BCUT2D eigenvalue weighted by molar-refractivity contribution is -0.127. The van der Waals surface area contributed by atoms with Crippen LogP contribution in [0.25, 0.3) is 0 Å². The molecule has 2 N–H and O–H groups in total. The number of aliphatic imine (C=N–C) groups is 1. The summed E-state index contributed by atoms with van der Waals surface area (Å²) in [6, 6.07) is 8.13. The quantitative estimate of drug-likeness (QED) is 0.384. The summed E-state index contributed by atoms with van der Waals surface area (Å²) in [6.07, 6.45) is 1.72. The van der Waals surface area contributed by atoms with Crippen molar-refractivity contribution in [2.45, 2.75) is 32.7 Å². The second-order valence-electron chi connectivity index (χ2n) is 7.57. The number of ether oxygens (including phenoxy) is 2. The van der Waals surface area contributed by atoms with Crippen LogP contribution in [-0.4, -0.2) is 63.8 Å². The van der Waals surface area contributed by atoms with Gasteiger partial charge in [0.15, 0.2) is 5.96 Å². The van der Waals surface area contributed by atoms with E-state index in [0.717, 1.165) is 37.3 Å². The number of carbonyl (C=O) groups is 1. The van der Waals surface area contributed by atoms with Crippen molar-refractivity contribution in [1.82, 2.24) is 15.5 Å². The van der Waals surface area contributed by atoms with Gasteiger partial charge in [0.05, 0.1) is 12.6 Å². The lowest BCUT2D eigenvalue weighted by Crippen LogP contribution is -2.42. The number of likely N-dealkylation sites (N-methyl/N-ethyl adjacent to an activating group) is 1. The summed E-state index contributed by atoms with van der Waals surface area (Å²) in [6.45, 7) is 7.25. The zero-order valence-corrected chi connectivity index (χ0v) is 17.5. The molecule has 1 unspecified atom stereocenters. The van der Waals surface area contributed by atoms with Crippen LogP contribution in [0.2, 0.25) is 0 Å². The van der Waals surface area contributed by atoms with Crippen LogP contribution < -0.4 is 15.4 Å². The highest BCUT2D eigenvalue weighted by atomic mass is 16.5. The van der Waals surface area contributed by atoms with E-state index < -0.39 is 0 Å². The molecule has 0 aliphatic carbocycles. The van der Waals surface area contributed by atoms with E-state index in [1.165, 1.54) is 0 Å². The number of carbonyl (C=O) groups excluding carboxylic acids is 1. The van der Waals surface area contributed by atoms with Gasteiger partial charge in [-0.3, -0.25) is 4.79 Å². The molecule has 1 heterocycles. The fraction of sp³-hybridized carbons (Fsp3) is 0.619. The van der Waals surface area contributed by atoms with Crippen LogP contribution in [0.5, 0.6) is 5.75 Å². The third-order valence-electron chi connectivity index (χ3n) is 4.35. The summed E-state index contributed by atoms with van der Waals surface area (Å²) in [5.41, 5.74) is 1.11. The van der Waals surface area contributed by atoms with Gasteiger partial charge in [-0.15, -0.1) is 0 Å². The fourth-order valence-electron chi connectivity index (χ4n) is 2.80. The molecular weight excluding hydrogens is 356 g/mol. The number of hydrogen-bond donors (Lipinski definition) is 2. The molecular formula is C21H34N4O3. The molecule has 0 aromatic heterocycles. The molecule has 0 radical (unpaired) electrons. The molecule has 1 aliphatic heterocycles. The maximum atomic E-state index is 11.9. The van der Waals surface area contributed by atoms with Gasteiger partial charge in [-0.25, -0.2) is 4.99 Å². The van der Waals surface area contributed by atoms with E-state index in [9.17, 15) is 4.79 Å². The van der Waals surface area contributed by atoms with Crippen LogP contribution in [0, 0.1) is 5.92 Å². The second kappa shape index (κ2) is 11.5. The Bertz CT molecular complexity index is 646. The highest BCUT2D eigenvalue weighted by Gasteiger charge is 2.22. The minimum Gasteiger partial charge on any atom is -0.493 e. The Hall–Kier alpha value is -2.28. The molecule has 0 saturated carbocycles. The number of benzene rings is 1. The van der Waals surface area contributed by atoms with Gasteiger partial charge in [-0.2, -0.15) is 0 Å². The molecule has 1 aliphatic rings. The van der Waals surface area contributed by atoms with E-state index in [1.807, 2.05) is 18.2 Å². The number of rotatable bonds is 9. The summed E-state index contributed by atoms with van der Waals surface area (Å²) in [5.74, 6) is 2.05. The fourth-order valence-corrected chi connectivity index (χ4v) is 2.80. The van der Waals surface area contributed by atoms with Gasteiger partial charge in [0.2, 0.25) is 5.91 Å². The van der Waals surface area contributed by atoms with Crippen molar-refractivity contribution >= 4 is 11.9 Å². The standard InChI is InChI=1S/C21H34N4O3/c1-16(2)15-27-12-7-11-22-21(23-14-20(26)25(3)4)24-18-10-13-28-19-9-6-5-8-17(18)19/h5-6,8-9,16,18H,7,10-15H2,1-4H3,(H2,22,23,24). The van der Waals surface area contributed by atoms with Crippen molar-refractivity contribution in [2.24, 2.45) is 10.9 Å². The lowest BCUT2D eigenvalue weighted by atomic mass is 10.0. The molecule has 1 atom stereocenters. The first kappa shape index (κ1) is 22.0. The largest absolute Gasteiger partial charge is 0.493 e. The number of fused-ring (bicyclic) bond motifs is 1. The topological polar surface area (TPSA) is 75.2 Å². The van der Waals surface area contributed by atoms with Crippen LogP contribution in [0.15, 0.2) is 29.3 Å². The first-order valence-electron chi connectivity index (χ1n) is 10.0. The van der Waals surface area contributed by atoms with Crippen molar-refractivity contribution in [2.75, 3.05) is 47.0 Å². The number of amides is 1. The first-order valence-corrected chi connectivity index (χ1v) is 10.0. The molecule has 0 bridgehead atoms. The van der Waals surface area contributed by atoms with E-state index in [4.69, 9.17) is 9.47 Å². The van der Waals surface area contributed by atoms with Gasteiger partial charge < -0.3 is 25.0 Å². The van der Waals surface area contributed by atoms with Gasteiger partial charge in [-0.1, -0.05) is 32.0 Å². The summed E-state index contributed by atoms with van der Waals surface area (Å²) in [4.78, 5) is 18.0. The molecule has 28 heavy (non-hydrogen) atoms. The summed E-state index contributed by atoms with van der Waals surface area (Å²) in [7, 11) is 3.47. The molecule has 0 saturated heterocycles. The number of nitrogens with one attached hydrogen (secondary N) is 2. The van der Waals surface area contributed by atoms with E-state index in [0.29, 0.717) is 25.1 Å². The number of guanidine groups is 1. The summed E-state index contributed by atoms with van der Waals surface area (Å²) in [5, 5.41) is 6.79. The summed E-state index contributed by atoms with van der Waals surface area (Å²) >= 11 is 0. The molecule has 156 valence electrons. The first-order chi connectivity index (χ1) is 13.5. The van der Waals surface area contributed by atoms with Gasteiger partial charge in [0.25, 0.3) is 0 Å². The van der Waals surface area contributed by atoms with E-state index in [2.05, 4.69) is 35.5 Å². The van der Waals surface area contributed by atoms with Crippen LogP contribution in [0.3, 0.4) is 0 Å². The highest BCUT2D eigenvalue weighted by molar-refractivity contribution is 5.85. The Kier molecular flexibility index (Phi) is 9.07. The molecule has 2 rings (SSSR count). The number of para-hydroxylation sites is 1. The molecule has 7 nitrogen and oxygen atoms in total. The Morgan fingerprint density at radius 3 is 2.89 bits per heavy atom. The predicted molar refractivity (Wildman–Crippen MR) is 112 cm³/mol. The predicted octanol–water partition coefficient (Wildman–Crippen LogP) is 2.20. The highest BCUT2D eigenvalue weighted by Crippen LogP contribution is 2.31. The number of hydrogen-bond acceptors (Lipinski definition) is 4. The normalized spacial score (nSPS) is 16.3. The van der Waals surface area contributed by atoms with Gasteiger partial charge in [0.1, 0.15) is 12.3 Å². The van der Waals surface area contributed by atoms with Crippen molar-refractivity contribution < 1.29 is 14.3 Å². The Balaban J connectivity index is 1.94. The van der Waals surface area contributed by atoms with E-state index in [1.54, 1.807) is 19.0 Å². The zero-order valence-electron chi connectivity index (χ0n) is 17.5. The molecule has 1 amide bonds. The van der Waals surface area contributed by atoms with Gasteiger partial charge >= 0.3 is 0 Å². The minimum atomic E-state index is -0.0336. The van der Waals surface area contributed by atoms with Crippen molar-refractivity contribution in [3.63, 3.8) is 0 Å². The van der Waals surface area contributed by atoms with Crippen molar-refractivity contribution in [3.8, 4) is 5.75 Å². The molecule has 1 aromatic rings.